The molecule has 0 unspecified atom stereocenters. The number of hydrogen-bond donors (Lipinski definition) is 2. The summed E-state index contributed by atoms with van der Waals surface area (Å²) < 4.78 is 1.61. The third-order valence-corrected chi connectivity index (χ3v) is 4.62. The van der Waals surface area contributed by atoms with Crippen molar-refractivity contribution in [3.05, 3.63) is 70.3 Å². The van der Waals surface area contributed by atoms with Gasteiger partial charge in [-0.15, -0.1) is 0 Å². The molecule has 8 nitrogen and oxygen atoms in total. The van der Waals surface area contributed by atoms with Gasteiger partial charge < -0.3 is 10.4 Å². The molecule has 0 fully saturated rings. The second-order valence-electron chi connectivity index (χ2n) is 6.94. The van der Waals surface area contributed by atoms with Crippen LogP contribution in [0, 0.1) is 27.7 Å². The molecule has 0 spiro atoms. The van der Waals surface area contributed by atoms with Gasteiger partial charge >= 0.3 is 5.97 Å². The molecule has 2 N–H and O–H groups in total. The summed E-state index contributed by atoms with van der Waals surface area (Å²) in [5.41, 5.74) is 4.31. The van der Waals surface area contributed by atoms with E-state index in [0.29, 0.717) is 17.2 Å². The van der Waals surface area contributed by atoms with Crippen molar-refractivity contribution in [1.82, 2.24) is 25.1 Å². The molecule has 1 atom stereocenters. The molecule has 0 bridgehead atoms. The standard InChI is InChI=1S/C21H23N5O3/c1-12-10-13(2)23-21(22-12)26-15(4)17(14(3)25-26)11-18(27)24-19(20(28)29)16-8-6-5-7-9-16/h5-10,19H,11H2,1-4H3,(H,24,27)(H,28,29)/t19-/m1/s1. The van der Waals surface area contributed by atoms with Crippen molar-refractivity contribution in [3.8, 4) is 5.95 Å². The van der Waals surface area contributed by atoms with Gasteiger partial charge in [-0.2, -0.15) is 5.10 Å². The van der Waals surface area contributed by atoms with Gasteiger partial charge in [0.1, 0.15) is 0 Å². The first-order valence-electron chi connectivity index (χ1n) is 9.21. The third-order valence-electron chi connectivity index (χ3n) is 4.62. The lowest BCUT2D eigenvalue weighted by atomic mass is 10.1. The highest BCUT2D eigenvalue weighted by Gasteiger charge is 2.24. The van der Waals surface area contributed by atoms with Crippen LogP contribution < -0.4 is 5.32 Å². The quantitative estimate of drug-likeness (QED) is 0.665. The smallest absolute Gasteiger partial charge is 0.330 e. The van der Waals surface area contributed by atoms with E-state index >= 15 is 0 Å². The van der Waals surface area contributed by atoms with Crippen molar-refractivity contribution in [3.63, 3.8) is 0 Å². The van der Waals surface area contributed by atoms with Crippen molar-refractivity contribution in [2.75, 3.05) is 0 Å². The SMILES string of the molecule is Cc1cc(C)nc(-n2nc(C)c(CC(=O)N[C@@H](C(=O)O)c3ccccc3)c2C)n1. The minimum absolute atomic E-state index is 0.0130. The Morgan fingerprint density at radius 3 is 2.28 bits per heavy atom. The molecule has 3 aromatic rings. The van der Waals surface area contributed by atoms with Gasteiger partial charge in [0.15, 0.2) is 6.04 Å². The van der Waals surface area contributed by atoms with Crippen molar-refractivity contribution < 1.29 is 14.7 Å². The number of aryl methyl sites for hydroxylation is 3. The Kier molecular flexibility index (Phi) is 5.72. The number of rotatable bonds is 6. The largest absolute Gasteiger partial charge is 0.479 e. The number of nitrogens with one attached hydrogen (secondary N) is 1. The van der Waals surface area contributed by atoms with E-state index in [9.17, 15) is 14.7 Å². The number of carbonyl (C=O) groups is 2. The van der Waals surface area contributed by atoms with Gasteiger partial charge in [-0.1, -0.05) is 30.3 Å². The van der Waals surface area contributed by atoms with E-state index in [1.807, 2.05) is 26.8 Å². The molecule has 0 saturated carbocycles. The van der Waals surface area contributed by atoms with Crippen LogP contribution in [0.15, 0.2) is 36.4 Å². The van der Waals surface area contributed by atoms with E-state index in [0.717, 1.165) is 22.6 Å². The first-order valence-corrected chi connectivity index (χ1v) is 9.21. The molecule has 0 aliphatic carbocycles. The zero-order valence-corrected chi connectivity index (χ0v) is 16.8. The number of carboxylic acids is 1. The lowest BCUT2D eigenvalue weighted by molar-refractivity contribution is -0.141. The predicted octanol–water partition coefficient (Wildman–Crippen LogP) is 2.38. The number of carboxylic acid groups (broad SMARTS) is 1. The molecule has 150 valence electrons. The van der Waals surface area contributed by atoms with E-state index in [1.54, 1.807) is 41.9 Å². The normalized spacial score (nSPS) is 11.9. The highest BCUT2D eigenvalue weighted by molar-refractivity contribution is 5.86. The van der Waals surface area contributed by atoms with E-state index in [-0.39, 0.29) is 6.42 Å². The molecular formula is C21H23N5O3. The van der Waals surface area contributed by atoms with Crippen LogP contribution >= 0.6 is 0 Å². The third kappa shape index (κ3) is 4.48. The fraction of sp³-hybridized carbons (Fsp3) is 0.286. The summed E-state index contributed by atoms with van der Waals surface area (Å²) in [5.74, 6) is -1.06. The summed E-state index contributed by atoms with van der Waals surface area (Å²) in [4.78, 5) is 33.1. The molecule has 2 heterocycles. The average Bonchev–Trinajstić information content (AvgIpc) is 2.94. The van der Waals surface area contributed by atoms with Crippen LogP contribution in [0.25, 0.3) is 5.95 Å². The molecule has 1 amide bonds. The highest BCUT2D eigenvalue weighted by Crippen LogP contribution is 2.18. The van der Waals surface area contributed by atoms with Crippen LogP contribution in [0.1, 0.15) is 39.9 Å². The summed E-state index contributed by atoms with van der Waals surface area (Å²) in [7, 11) is 0. The maximum absolute atomic E-state index is 12.6. The van der Waals surface area contributed by atoms with Gasteiger partial charge in [0.05, 0.1) is 12.1 Å². The van der Waals surface area contributed by atoms with Crippen LogP contribution in [0.2, 0.25) is 0 Å². The minimum Gasteiger partial charge on any atom is -0.479 e. The second-order valence-corrected chi connectivity index (χ2v) is 6.94. The maximum Gasteiger partial charge on any atom is 0.330 e. The van der Waals surface area contributed by atoms with Gasteiger partial charge in [-0.25, -0.2) is 19.4 Å². The Morgan fingerprint density at radius 1 is 1.07 bits per heavy atom. The van der Waals surface area contributed by atoms with Crippen molar-refractivity contribution in [2.24, 2.45) is 0 Å². The summed E-state index contributed by atoms with van der Waals surface area (Å²) in [6.07, 6.45) is 0.0130. The number of carbonyl (C=O) groups excluding carboxylic acids is 1. The number of hydrogen-bond acceptors (Lipinski definition) is 5. The Hall–Kier alpha value is -3.55. The fourth-order valence-corrected chi connectivity index (χ4v) is 3.23. The number of amides is 1. The first-order chi connectivity index (χ1) is 13.8. The minimum atomic E-state index is -1.11. The van der Waals surface area contributed by atoms with Crippen molar-refractivity contribution in [1.29, 1.82) is 0 Å². The Bertz CT molecular complexity index is 1040. The van der Waals surface area contributed by atoms with Gasteiger partial charge in [-0.05, 0) is 39.3 Å². The molecule has 3 rings (SSSR count). The number of nitrogens with zero attached hydrogens (tertiary/aromatic N) is 4. The highest BCUT2D eigenvalue weighted by atomic mass is 16.4. The Balaban J connectivity index is 1.84. The van der Waals surface area contributed by atoms with Crippen molar-refractivity contribution >= 4 is 11.9 Å². The van der Waals surface area contributed by atoms with Crippen LogP contribution in [0.3, 0.4) is 0 Å². The summed E-state index contributed by atoms with van der Waals surface area (Å²) >= 11 is 0. The van der Waals surface area contributed by atoms with Gasteiger partial charge in [0.2, 0.25) is 5.91 Å². The predicted molar refractivity (Wildman–Crippen MR) is 107 cm³/mol. The summed E-state index contributed by atoms with van der Waals surface area (Å²) in [6.45, 7) is 7.41. The number of benzene rings is 1. The average molecular weight is 393 g/mol. The van der Waals surface area contributed by atoms with Crippen LogP contribution in [-0.4, -0.2) is 36.7 Å². The fourth-order valence-electron chi connectivity index (χ4n) is 3.23. The zero-order chi connectivity index (χ0) is 21.1. The zero-order valence-electron chi connectivity index (χ0n) is 16.8. The van der Waals surface area contributed by atoms with Gasteiger partial charge in [0, 0.05) is 22.6 Å². The molecule has 0 radical (unpaired) electrons. The van der Waals surface area contributed by atoms with Crippen LogP contribution in [0.4, 0.5) is 0 Å². The monoisotopic (exact) mass is 393 g/mol. The lowest BCUT2D eigenvalue weighted by Gasteiger charge is -2.15. The van der Waals surface area contributed by atoms with E-state index < -0.39 is 17.9 Å². The lowest BCUT2D eigenvalue weighted by Crippen LogP contribution is -2.34. The molecule has 8 heteroatoms. The van der Waals surface area contributed by atoms with E-state index in [1.165, 1.54) is 0 Å². The molecule has 0 aliphatic rings. The van der Waals surface area contributed by atoms with E-state index in [4.69, 9.17) is 0 Å². The van der Waals surface area contributed by atoms with Crippen LogP contribution in [0.5, 0.6) is 0 Å². The topological polar surface area (TPSA) is 110 Å². The number of aromatic nitrogens is 4. The Morgan fingerprint density at radius 2 is 1.69 bits per heavy atom. The van der Waals surface area contributed by atoms with Gasteiger partial charge in [0.25, 0.3) is 5.95 Å². The van der Waals surface area contributed by atoms with Crippen molar-refractivity contribution in [2.45, 2.75) is 40.2 Å². The molecule has 0 aliphatic heterocycles. The number of aliphatic carboxylic acids is 1. The maximum atomic E-state index is 12.6. The summed E-state index contributed by atoms with van der Waals surface area (Å²) in [5, 5.41) is 16.6. The summed E-state index contributed by atoms with van der Waals surface area (Å²) in [6, 6.07) is 9.37. The molecule has 29 heavy (non-hydrogen) atoms. The Labute approximate surface area is 168 Å². The molecule has 0 saturated heterocycles. The molecule has 1 aromatic carbocycles. The van der Waals surface area contributed by atoms with Crippen LogP contribution in [-0.2, 0) is 16.0 Å². The first kappa shape index (κ1) is 20.2. The van der Waals surface area contributed by atoms with Gasteiger partial charge in [-0.3, -0.25) is 4.79 Å². The second kappa shape index (κ2) is 8.22. The molecule has 2 aromatic heterocycles. The van der Waals surface area contributed by atoms with E-state index in [2.05, 4.69) is 20.4 Å². The molecular weight excluding hydrogens is 370 g/mol.